The fraction of sp³-hybridized carbons (Fsp3) is 0.417. The van der Waals surface area contributed by atoms with Gasteiger partial charge in [0, 0.05) is 38.4 Å². The van der Waals surface area contributed by atoms with Crippen LogP contribution in [0, 0.1) is 13.8 Å². The van der Waals surface area contributed by atoms with Gasteiger partial charge in [0.2, 0.25) is 0 Å². The fourth-order valence-corrected chi connectivity index (χ4v) is 4.48. The topological polar surface area (TPSA) is 39.7 Å². The lowest BCUT2D eigenvalue weighted by atomic mass is 10.1. The van der Waals surface area contributed by atoms with Gasteiger partial charge in [-0.05, 0) is 74.5 Å². The van der Waals surface area contributed by atoms with Gasteiger partial charge in [0.05, 0.1) is 10.2 Å². The van der Waals surface area contributed by atoms with Crippen LogP contribution in [0.5, 0.6) is 0 Å². The van der Waals surface area contributed by atoms with E-state index in [4.69, 9.17) is 4.98 Å². The van der Waals surface area contributed by atoms with E-state index in [2.05, 4.69) is 44.7 Å². The second kappa shape index (κ2) is 10.9. The van der Waals surface area contributed by atoms with Crippen molar-refractivity contribution in [3.63, 3.8) is 0 Å². The van der Waals surface area contributed by atoms with Crippen LogP contribution in [0.4, 0.5) is 10.8 Å². The Labute approximate surface area is 196 Å². The zero-order valence-electron chi connectivity index (χ0n) is 19.3. The second-order valence-corrected chi connectivity index (χ2v) is 8.83. The van der Waals surface area contributed by atoms with Crippen molar-refractivity contribution in [2.24, 2.45) is 0 Å². The molecule has 168 valence electrons. The van der Waals surface area contributed by atoms with Crippen molar-refractivity contribution in [1.29, 1.82) is 0 Å². The molecule has 1 amide bonds. The van der Waals surface area contributed by atoms with Crippen molar-refractivity contribution < 1.29 is 4.79 Å². The number of amides is 1. The molecule has 0 saturated heterocycles. The van der Waals surface area contributed by atoms with E-state index in [1.54, 1.807) is 11.3 Å². The van der Waals surface area contributed by atoms with Crippen LogP contribution in [-0.4, -0.2) is 56.1 Å². The van der Waals surface area contributed by atoms with Gasteiger partial charge in [-0.2, -0.15) is 0 Å². The average molecular weight is 461 g/mol. The summed E-state index contributed by atoms with van der Waals surface area (Å²) in [5.74, 6) is -0.0000350. The number of thiazole rings is 1. The van der Waals surface area contributed by atoms with Crippen LogP contribution >= 0.6 is 23.7 Å². The van der Waals surface area contributed by atoms with Crippen LogP contribution < -0.4 is 9.80 Å². The van der Waals surface area contributed by atoms with Gasteiger partial charge in [0.1, 0.15) is 0 Å². The summed E-state index contributed by atoms with van der Waals surface area (Å²) in [6.45, 7) is 11.9. The molecule has 5 nitrogen and oxygen atoms in total. The second-order valence-electron chi connectivity index (χ2n) is 7.83. The van der Waals surface area contributed by atoms with Gasteiger partial charge < -0.3 is 9.80 Å². The molecular weight excluding hydrogens is 428 g/mol. The lowest BCUT2D eigenvalue weighted by Crippen LogP contribution is -2.38. The number of nitrogens with zero attached hydrogens (tertiary/aromatic N) is 4. The lowest BCUT2D eigenvalue weighted by molar-refractivity contribution is 0.0984. The van der Waals surface area contributed by atoms with Crippen LogP contribution in [0.15, 0.2) is 36.4 Å². The molecule has 0 spiro atoms. The molecule has 0 atom stereocenters. The molecule has 0 aliphatic heterocycles. The summed E-state index contributed by atoms with van der Waals surface area (Å²) >= 11 is 1.59. The van der Waals surface area contributed by atoms with Crippen molar-refractivity contribution >= 4 is 50.7 Å². The average Bonchev–Trinajstić information content (AvgIpc) is 3.13. The molecule has 7 heteroatoms. The summed E-state index contributed by atoms with van der Waals surface area (Å²) in [5, 5.41) is 0.767. The maximum Gasteiger partial charge on any atom is 0.260 e. The summed E-state index contributed by atoms with van der Waals surface area (Å²) in [6.07, 6.45) is 0. The zero-order chi connectivity index (χ0) is 21.8. The highest BCUT2D eigenvalue weighted by Crippen LogP contribution is 2.31. The van der Waals surface area contributed by atoms with Gasteiger partial charge in [0.25, 0.3) is 5.91 Å². The van der Waals surface area contributed by atoms with E-state index in [0.717, 1.165) is 40.7 Å². The number of aryl methyl sites for hydroxylation is 2. The highest BCUT2D eigenvalue weighted by atomic mass is 35.5. The largest absolute Gasteiger partial charge is 0.378 e. The summed E-state index contributed by atoms with van der Waals surface area (Å²) in [4.78, 5) is 24.5. The summed E-state index contributed by atoms with van der Waals surface area (Å²) in [5.41, 5.74) is 5.19. The zero-order valence-corrected chi connectivity index (χ0v) is 20.9. The van der Waals surface area contributed by atoms with E-state index in [-0.39, 0.29) is 18.3 Å². The Kier molecular flexibility index (Phi) is 8.86. The Bertz CT molecular complexity index is 973. The third-order valence-corrected chi connectivity index (χ3v) is 6.67. The first-order valence-corrected chi connectivity index (χ1v) is 11.3. The molecule has 0 radical (unpaired) electrons. The molecule has 31 heavy (non-hydrogen) atoms. The van der Waals surface area contributed by atoms with Crippen LogP contribution in [-0.2, 0) is 0 Å². The number of fused-ring (bicyclic) bond motifs is 1. The maximum atomic E-state index is 13.5. The maximum absolute atomic E-state index is 13.5. The number of anilines is 2. The Hall–Kier alpha value is -2.15. The molecule has 0 aliphatic rings. The molecule has 0 fully saturated rings. The molecule has 0 aliphatic carbocycles. The smallest absolute Gasteiger partial charge is 0.260 e. The first-order chi connectivity index (χ1) is 14.3. The fourth-order valence-electron chi connectivity index (χ4n) is 3.41. The van der Waals surface area contributed by atoms with Crippen LogP contribution in [0.3, 0.4) is 0 Å². The van der Waals surface area contributed by atoms with Crippen molar-refractivity contribution in [3.8, 4) is 0 Å². The number of carbonyl (C=O) groups is 1. The number of halogens is 1. The number of hydrogen-bond acceptors (Lipinski definition) is 5. The number of hydrogen-bond donors (Lipinski definition) is 0. The highest BCUT2D eigenvalue weighted by molar-refractivity contribution is 7.22. The quantitative estimate of drug-likeness (QED) is 0.451. The Morgan fingerprint density at radius 3 is 2.16 bits per heavy atom. The van der Waals surface area contributed by atoms with Gasteiger partial charge in [-0.3, -0.25) is 9.69 Å². The van der Waals surface area contributed by atoms with Gasteiger partial charge in [-0.1, -0.05) is 25.2 Å². The minimum Gasteiger partial charge on any atom is -0.378 e. The summed E-state index contributed by atoms with van der Waals surface area (Å²) < 4.78 is 1.12. The number of benzene rings is 2. The van der Waals surface area contributed by atoms with Crippen LogP contribution in [0.2, 0.25) is 0 Å². The summed E-state index contributed by atoms with van der Waals surface area (Å²) in [7, 11) is 4.00. The summed E-state index contributed by atoms with van der Waals surface area (Å²) in [6, 6.07) is 12.1. The number of aromatic nitrogens is 1. The highest BCUT2D eigenvalue weighted by Gasteiger charge is 2.22. The number of rotatable bonds is 8. The van der Waals surface area contributed by atoms with Crippen LogP contribution in [0.1, 0.15) is 35.3 Å². The van der Waals surface area contributed by atoms with Gasteiger partial charge in [-0.15, -0.1) is 12.4 Å². The van der Waals surface area contributed by atoms with Crippen LogP contribution in [0.25, 0.3) is 10.2 Å². The number of likely N-dealkylation sites (N-methyl/N-ethyl adjacent to an activating group) is 1. The Morgan fingerprint density at radius 1 is 0.968 bits per heavy atom. The van der Waals surface area contributed by atoms with E-state index in [9.17, 15) is 4.79 Å². The Morgan fingerprint density at radius 2 is 1.58 bits per heavy atom. The predicted molar refractivity (Wildman–Crippen MR) is 137 cm³/mol. The molecule has 1 aromatic heterocycles. The van der Waals surface area contributed by atoms with Gasteiger partial charge in [0.15, 0.2) is 5.13 Å². The van der Waals surface area contributed by atoms with Crippen molar-refractivity contribution in [2.45, 2.75) is 27.7 Å². The molecular formula is C24H33ClN4OS. The van der Waals surface area contributed by atoms with Crippen molar-refractivity contribution in [1.82, 2.24) is 9.88 Å². The monoisotopic (exact) mass is 460 g/mol. The Balaban J connectivity index is 0.00000341. The standard InChI is InChI=1S/C24H32N4OS.ClH/c1-7-27(8-2)13-14-28(23(29)19-9-11-20(12-10-19)26(5)6)24-25-21-15-17(3)18(4)16-22(21)30-24;/h9-12,15-16H,7-8,13-14H2,1-6H3;1H. The normalized spacial score (nSPS) is 10.9. The SMILES string of the molecule is CCN(CC)CCN(C(=O)c1ccc(N(C)C)cc1)c1nc2cc(C)c(C)cc2s1.Cl. The minimum atomic E-state index is -0.0000350. The van der Waals surface area contributed by atoms with E-state index in [0.29, 0.717) is 12.1 Å². The first-order valence-electron chi connectivity index (χ1n) is 10.5. The molecule has 0 N–H and O–H groups in total. The first kappa shape index (κ1) is 25.1. The molecule has 2 aromatic carbocycles. The van der Waals surface area contributed by atoms with Gasteiger partial charge in [-0.25, -0.2) is 4.98 Å². The third-order valence-electron chi connectivity index (χ3n) is 5.63. The predicted octanol–water partition coefficient (Wildman–Crippen LogP) is 5.39. The molecule has 3 aromatic rings. The number of carbonyl (C=O) groups excluding carboxylic acids is 1. The lowest BCUT2D eigenvalue weighted by Gasteiger charge is -2.25. The molecule has 0 saturated carbocycles. The van der Waals surface area contributed by atoms with E-state index in [1.165, 1.54) is 11.1 Å². The van der Waals surface area contributed by atoms with E-state index in [1.807, 2.05) is 48.2 Å². The molecule has 0 bridgehead atoms. The minimum absolute atomic E-state index is 0. The van der Waals surface area contributed by atoms with Crippen molar-refractivity contribution in [2.75, 3.05) is 50.1 Å². The molecule has 0 unspecified atom stereocenters. The molecule has 3 rings (SSSR count). The van der Waals surface area contributed by atoms with Crippen molar-refractivity contribution in [3.05, 3.63) is 53.1 Å². The van der Waals surface area contributed by atoms with Gasteiger partial charge >= 0.3 is 0 Å². The van der Waals surface area contributed by atoms with E-state index >= 15 is 0 Å². The molecule has 1 heterocycles. The van der Waals surface area contributed by atoms with E-state index < -0.39 is 0 Å². The third kappa shape index (κ3) is 5.76.